The molecule has 0 N–H and O–H groups in total. The number of piperidine rings is 1. The molecule has 0 radical (unpaired) electrons. The zero-order chi connectivity index (χ0) is 12.4. The van der Waals surface area contributed by atoms with E-state index in [-0.39, 0.29) is 12.0 Å². The number of nitrogens with zero attached hydrogens (tertiary/aromatic N) is 4. The third-order valence-electron chi connectivity index (χ3n) is 3.85. The summed E-state index contributed by atoms with van der Waals surface area (Å²) in [6.07, 6.45) is 7.61. The van der Waals surface area contributed by atoms with Crippen molar-refractivity contribution in [1.29, 1.82) is 0 Å². The van der Waals surface area contributed by atoms with Gasteiger partial charge in [0.1, 0.15) is 18.7 Å². The lowest BCUT2D eigenvalue weighted by molar-refractivity contribution is -0.143. The first-order valence-electron chi connectivity index (χ1n) is 6.59. The molecule has 3 heterocycles. The van der Waals surface area contributed by atoms with E-state index in [0.717, 1.165) is 32.4 Å². The highest BCUT2D eigenvalue weighted by Crippen LogP contribution is 2.25. The predicted molar refractivity (Wildman–Crippen MR) is 63.7 cm³/mol. The van der Waals surface area contributed by atoms with Crippen molar-refractivity contribution in [2.75, 3.05) is 13.2 Å². The van der Waals surface area contributed by atoms with Crippen LogP contribution in [0.3, 0.4) is 0 Å². The summed E-state index contributed by atoms with van der Waals surface area (Å²) in [5.74, 6) is -0.0551. The molecule has 2 aliphatic heterocycles. The van der Waals surface area contributed by atoms with Gasteiger partial charge in [-0.05, 0) is 19.4 Å². The maximum absolute atomic E-state index is 11.7. The fourth-order valence-corrected chi connectivity index (χ4v) is 2.96. The number of carbonyl (C=O) groups excluding carboxylic acids is 1. The van der Waals surface area contributed by atoms with Crippen LogP contribution in [0, 0.1) is 0 Å². The Kier molecular flexibility index (Phi) is 3.27. The summed E-state index contributed by atoms with van der Waals surface area (Å²) in [5.41, 5.74) is 0. The number of ether oxygens (including phenoxy) is 1. The second-order valence-electron chi connectivity index (χ2n) is 4.98. The van der Waals surface area contributed by atoms with Gasteiger partial charge in [-0.3, -0.25) is 14.4 Å². The molecule has 6 nitrogen and oxygen atoms in total. The summed E-state index contributed by atoms with van der Waals surface area (Å²) in [4.78, 5) is 18.0. The molecule has 2 atom stereocenters. The van der Waals surface area contributed by atoms with Crippen molar-refractivity contribution in [2.45, 2.75) is 44.3 Å². The Labute approximate surface area is 106 Å². The molecule has 2 fully saturated rings. The molecule has 0 aromatic carbocycles. The molecule has 6 heteroatoms. The van der Waals surface area contributed by atoms with Gasteiger partial charge in [-0.15, -0.1) is 0 Å². The van der Waals surface area contributed by atoms with Crippen LogP contribution < -0.4 is 0 Å². The number of hydrogen-bond acceptors (Lipinski definition) is 5. The van der Waals surface area contributed by atoms with Crippen molar-refractivity contribution in [1.82, 2.24) is 19.7 Å². The van der Waals surface area contributed by atoms with Crippen LogP contribution in [-0.4, -0.2) is 50.9 Å². The SMILES string of the molecule is O=C1OCC[C@H]1N1CCCC[C@@H]1Cn1cncn1. The molecule has 0 saturated carbocycles. The van der Waals surface area contributed by atoms with Gasteiger partial charge in [0, 0.05) is 12.5 Å². The van der Waals surface area contributed by atoms with Crippen molar-refractivity contribution >= 4 is 5.97 Å². The molecular formula is C12H18N4O2. The van der Waals surface area contributed by atoms with Gasteiger partial charge in [0.2, 0.25) is 0 Å². The molecule has 18 heavy (non-hydrogen) atoms. The third-order valence-corrected chi connectivity index (χ3v) is 3.85. The normalized spacial score (nSPS) is 29.4. The first-order chi connectivity index (χ1) is 8.84. The average molecular weight is 250 g/mol. The highest BCUT2D eigenvalue weighted by atomic mass is 16.5. The van der Waals surface area contributed by atoms with Crippen LogP contribution in [-0.2, 0) is 16.1 Å². The van der Waals surface area contributed by atoms with E-state index in [1.54, 1.807) is 12.7 Å². The minimum atomic E-state index is -0.0551. The van der Waals surface area contributed by atoms with E-state index in [2.05, 4.69) is 15.0 Å². The Hall–Kier alpha value is -1.43. The number of hydrogen-bond donors (Lipinski definition) is 0. The van der Waals surface area contributed by atoms with E-state index >= 15 is 0 Å². The Morgan fingerprint density at radius 3 is 3.06 bits per heavy atom. The second kappa shape index (κ2) is 5.06. The van der Waals surface area contributed by atoms with E-state index in [1.807, 2.05) is 4.68 Å². The van der Waals surface area contributed by atoms with Crippen molar-refractivity contribution in [3.8, 4) is 0 Å². The summed E-state index contributed by atoms with van der Waals surface area (Å²) in [6.45, 7) is 2.36. The van der Waals surface area contributed by atoms with Gasteiger partial charge < -0.3 is 4.74 Å². The van der Waals surface area contributed by atoms with Crippen LogP contribution in [0.15, 0.2) is 12.7 Å². The number of esters is 1. The number of carbonyl (C=O) groups is 1. The van der Waals surface area contributed by atoms with Crippen molar-refractivity contribution in [3.63, 3.8) is 0 Å². The topological polar surface area (TPSA) is 60.2 Å². The molecule has 1 aromatic rings. The highest BCUT2D eigenvalue weighted by molar-refractivity contribution is 5.77. The average Bonchev–Trinajstić information content (AvgIpc) is 3.02. The molecule has 2 saturated heterocycles. The first kappa shape index (κ1) is 11.6. The molecule has 0 bridgehead atoms. The lowest BCUT2D eigenvalue weighted by Gasteiger charge is -2.37. The molecule has 3 rings (SSSR count). The summed E-state index contributed by atoms with van der Waals surface area (Å²) in [5, 5.41) is 4.15. The lowest BCUT2D eigenvalue weighted by Crippen LogP contribution is -2.49. The minimum absolute atomic E-state index is 0.0428. The number of cyclic esters (lactones) is 1. The van der Waals surface area contributed by atoms with Crippen LogP contribution in [0.4, 0.5) is 0 Å². The summed E-state index contributed by atoms with van der Waals surface area (Å²) >= 11 is 0. The third kappa shape index (κ3) is 2.25. The minimum Gasteiger partial charge on any atom is -0.464 e. The highest BCUT2D eigenvalue weighted by Gasteiger charge is 2.37. The fraction of sp³-hybridized carbons (Fsp3) is 0.750. The summed E-state index contributed by atoms with van der Waals surface area (Å²) < 4.78 is 6.94. The summed E-state index contributed by atoms with van der Waals surface area (Å²) in [6, 6.07) is 0.329. The number of aromatic nitrogens is 3. The molecule has 0 spiro atoms. The van der Waals surface area contributed by atoms with Crippen LogP contribution in [0.1, 0.15) is 25.7 Å². The second-order valence-corrected chi connectivity index (χ2v) is 4.98. The molecule has 2 aliphatic rings. The van der Waals surface area contributed by atoms with E-state index in [0.29, 0.717) is 12.6 Å². The Morgan fingerprint density at radius 1 is 1.39 bits per heavy atom. The molecular weight excluding hydrogens is 232 g/mol. The molecule has 0 aliphatic carbocycles. The Balaban J connectivity index is 1.71. The zero-order valence-electron chi connectivity index (χ0n) is 10.4. The van der Waals surface area contributed by atoms with E-state index in [1.165, 1.54) is 6.42 Å². The zero-order valence-corrected chi connectivity index (χ0v) is 10.4. The first-order valence-corrected chi connectivity index (χ1v) is 6.59. The van der Waals surface area contributed by atoms with Gasteiger partial charge >= 0.3 is 5.97 Å². The molecule has 0 amide bonds. The van der Waals surface area contributed by atoms with Crippen LogP contribution >= 0.6 is 0 Å². The van der Waals surface area contributed by atoms with Gasteiger partial charge in [-0.1, -0.05) is 6.42 Å². The smallest absolute Gasteiger partial charge is 0.323 e. The van der Waals surface area contributed by atoms with E-state index in [9.17, 15) is 4.79 Å². The molecule has 1 aromatic heterocycles. The van der Waals surface area contributed by atoms with Crippen LogP contribution in [0.25, 0.3) is 0 Å². The van der Waals surface area contributed by atoms with Gasteiger partial charge in [0.15, 0.2) is 0 Å². The van der Waals surface area contributed by atoms with Crippen LogP contribution in [0.2, 0.25) is 0 Å². The van der Waals surface area contributed by atoms with Gasteiger partial charge in [-0.2, -0.15) is 5.10 Å². The van der Waals surface area contributed by atoms with E-state index < -0.39 is 0 Å². The van der Waals surface area contributed by atoms with Gasteiger partial charge in [0.25, 0.3) is 0 Å². The maximum Gasteiger partial charge on any atom is 0.323 e. The Morgan fingerprint density at radius 2 is 2.33 bits per heavy atom. The molecule has 98 valence electrons. The quantitative estimate of drug-likeness (QED) is 0.729. The maximum atomic E-state index is 11.7. The van der Waals surface area contributed by atoms with Crippen molar-refractivity contribution < 1.29 is 9.53 Å². The Bertz CT molecular complexity index is 406. The monoisotopic (exact) mass is 250 g/mol. The van der Waals surface area contributed by atoms with Crippen LogP contribution in [0.5, 0.6) is 0 Å². The summed E-state index contributed by atoms with van der Waals surface area (Å²) in [7, 11) is 0. The fourth-order valence-electron chi connectivity index (χ4n) is 2.96. The van der Waals surface area contributed by atoms with Crippen molar-refractivity contribution in [3.05, 3.63) is 12.7 Å². The van der Waals surface area contributed by atoms with E-state index in [4.69, 9.17) is 4.74 Å². The van der Waals surface area contributed by atoms with Gasteiger partial charge in [-0.25, -0.2) is 4.98 Å². The van der Waals surface area contributed by atoms with Gasteiger partial charge in [0.05, 0.1) is 13.2 Å². The predicted octanol–water partition coefficient (Wildman–Crippen LogP) is 0.448. The number of likely N-dealkylation sites (tertiary alicyclic amines) is 1. The standard InChI is InChI=1S/C12H18N4O2/c17-12-11(4-6-18-12)16-5-2-1-3-10(16)7-15-9-13-8-14-15/h8-11H,1-7H2/t10-,11-/m1/s1. The van der Waals surface area contributed by atoms with Crippen molar-refractivity contribution in [2.24, 2.45) is 0 Å². The largest absolute Gasteiger partial charge is 0.464 e. The number of rotatable bonds is 3. The molecule has 0 unspecified atom stereocenters. The lowest BCUT2D eigenvalue weighted by atomic mass is 9.99.